The molecule has 0 saturated heterocycles. The maximum atomic E-state index is 12.3. The molecule has 0 aliphatic rings. The van der Waals surface area contributed by atoms with Crippen LogP contribution in [0.3, 0.4) is 0 Å². The number of carboxylic acid groups (broad SMARTS) is 1. The Labute approximate surface area is 173 Å². The summed E-state index contributed by atoms with van der Waals surface area (Å²) in [5.74, 6) is 8.58. The van der Waals surface area contributed by atoms with Crippen molar-refractivity contribution in [3.63, 3.8) is 0 Å². The number of hydroxylamine groups is 1. The van der Waals surface area contributed by atoms with E-state index < -0.39 is 23.8 Å². The number of carbonyl (C=O) groups excluding carboxylic acids is 2. The zero-order valence-electron chi connectivity index (χ0n) is 15.8. The van der Waals surface area contributed by atoms with E-state index in [0.717, 1.165) is 5.56 Å². The molecule has 2 rings (SSSR count). The Bertz CT molecular complexity index is 1040. The number of hydrogen-bond donors (Lipinski definition) is 5. The van der Waals surface area contributed by atoms with Crippen molar-refractivity contribution in [1.82, 2.24) is 10.8 Å². The molecule has 8 nitrogen and oxygen atoms in total. The van der Waals surface area contributed by atoms with Gasteiger partial charge < -0.3 is 16.2 Å². The highest BCUT2D eigenvalue weighted by Gasteiger charge is 2.21. The molecule has 2 aromatic rings. The lowest BCUT2D eigenvalue weighted by molar-refractivity contribution is -0.137. The Kier molecular flexibility index (Phi) is 8.01. The van der Waals surface area contributed by atoms with Gasteiger partial charge in [-0.1, -0.05) is 11.8 Å². The summed E-state index contributed by atoms with van der Waals surface area (Å²) in [5, 5.41) is 19.9. The van der Waals surface area contributed by atoms with E-state index in [9.17, 15) is 14.4 Å². The highest BCUT2D eigenvalue weighted by molar-refractivity contribution is 5.97. The SMILES string of the molecule is Nc1ccc(C#CC#Cc2ccc(C(=O)NC(CCC(=O)O)C(=O)NO)cc2)cc1. The lowest BCUT2D eigenvalue weighted by atomic mass is 10.1. The first-order chi connectivity index (χ1) is 14.4. The van der Waals surface area contributed by atoms with Crippen molar-refractivity contribution in [3.05, 3.63) is 65.2 Å². The molecule has 1 unspecified atom stereocenters. The maximum absolute atomic E-state index is 12.3. The molecule has 6 N–H and O–H groups in total. The van der Waals surface area contributed by atoms with Crippen LogP contribution in [-0.2, 0) is 9.59 Å². The predicted molar refractivity (Wildman–Crippen MR) is 109 cm³/mol. The Morgan fingerprint density at radius 1 is 0.933 bits per heavy atom. The van der Waals surface area contributed by atoms with Gasteiger partial charge in [0.2, 0.25) is 0 Å². The quantitative estimate of drug-likeness (QED) is 0.211. The van der Waals surface area contributed by atoms with E-state index in [2.05, 4.69) is 29.0 Å². The molecule has 8 heteroatoms. The minimum atomic E-state index is -1.18. The van der Waals surface area contributed by atoms with Crippen LogP contribution in [0.25, 0.3) is 0 Å². The molecule has 0 aromatic heterocycles. The van der Waals surface area contributed by atoms with Crippen molar-refractivity contribution < 1.29 is 24.7 Å². The second kappa shape index (κ2) is 10.9. The van der Waals surface area contributed by atoms with Crippen molar-refractivity contribution in [3.8, 4) is 23.7 Å². The van der Waals surface area contributed by atoms with E-state index in [1.54, 1.807) is 36.4 Å². The zero-order chi connectivity index (χ0) is 21.9. The summed E-state index contributed by atoms with van der Waals surface area (Å²) >= 11 is 0. The number of aliphatic carboxylic acids is 1. The number of carboxylic acids is 1. The fourth-order valence-corrected chi connectivity index (χ4v) is 2.33. The molecular weight excluding hydrogens is 386 g/mol. The highest BCUT2D eigenvalue weighted by Crippen LogP contribution is 2.06. The van der Waals surface area contributed by atoms with E-state index in [4.69, 9.17) is 16.0 Å². The Balaban J connectivity index is 2.01. The van der Waals surface area contributed by atoms with Crippen LogP contribution in [0, 0.1) is 23.7 Å². The maximum Gasteiger partial charge on any atom is 0.303 e. The summed E-state index contributed by atoms with van der Waals surface area (Å²) in [4.78, 5) is 34.6. The summed E-state index contributed by atoms with van der Waals surface area (Å²) in [6.45, 7) is 0. The Morgan fingerprint density at radius 2 is 1.47 bits per heavy atom. The number of carbonyl (C=O) groups is 3. The van der Waals surface area contributed by atoms with Crippen molar-refractivity contribution in [2.45, 2.75) is 18.9 Å². The third kappa shape index (κ3) is 7.04. The lowest BCUT2D eigenvalue weighted by Gasteiger charge is -2.15. The van der Waals surface area contributed by atoms with Gasteiger partial charge in [-0.2, -0.15) is 0 Å². The molecule has 0 bridgehead atoms. The van der Waals surface area contributed by atoms with E-state index in [-0.39, 0.29) is 18.4 Å². The number of nitrogen functional groups attached to an aromatic ring is 1. The highest BCUT2D eigenvalue weighted by atomic mass is 16.5. The second-order valence-electron chi connectivity index (χ2n) is 6.13. The first kappa shape index (κ1) is 22.0. The average Bonchev–Trinajstić information content (AvgIpc) is 2.75. The monoisotopic (exact) mass is 405 g/mol. The molecule has 2 aromatic carbocycles. The fraction of sp³-hybridized carbons (Fsp3) is 0.136. The number of nitrogens with one attached hydrogen (secondary N) is 2. The van der Waals surface area contributed by atoms with Gasteiger partial charge in [0.05, 0.1) is 0 Å². The minimum absolute atomic E-state index is 0.163. The molecule has 0 fully saturated rings. The van der Waals surface area contributed by atoms with Crippen LogP contribution < -0.4 is 16.5 Å². The number of benzene rings is 2. The summed E-state index contributed by atoms with van der Waals surface area (Å²) in [7, 11) is 0. The molecule has 2 amide bonds. The van der Waals surface area contributed by atoms with Gasteiger partial charge in [-0.3, -0.25) is 19.6 Å². The van der Waals surface area contributed by atoms with Gasteiger partial charge in [0.25, 0.3) is 11.8 Å². The van der Waals surface area contributed by atoms with Crippen LogP contribution in [0.2, 0.25) is 0 Å². The number of nitrogens with two attached hydrogens (primary N) is 1. The van der Waals surface area contributed by atoms with Crippen molar-refractivity contribution >= 4 is 23.5 Å². The van der Waals surface area contributed by atoms with Crippen LogP contribution in [0.1, 0.15) is 34.3 Å². The Hall–Kier alpha value is -4.27. The third-order valence-electron chi connectivity index (χ3n) is 3.91. The number of rotatable bonds is 6. The van der Waals surface area contributed by atoms with E-state index in [1.807, 2.05) is 0 Å². The fourth-order valence-electron chi connectivity index (χ4n) is 2.33. The topological polar surface area (TPSA) is 142 Å². The summed E-state index contributed by atoms with van der Waals surface area (Å²) < 4.78 is 0. The van der Waals surface area contributed by atoms with Crippen LogP contribution in [0.4, 0.5) is 5.69 Å². The molecule has 0 radical (unpaired) electrons. The largest absolute Gasteiger partial charge is 0.481 e. The molecule has 0 saturated carbocycles. The van der Waals surface area contributed by atoms with Gasteiger partial charge in [0.1, 0.15) is 6.04 Å². The van der Waals surface area contributed by atoms with Crippen LogP contribution >= 0.6 is 0 Å². The third-order valence-corrected chi connectivity index (χ3v) is 3.91. The summed E-state index contributed by atoms with van der Waals surface area (Å²) in [6.07, 6.45) is -0.506. The van der Waals surface area contributed by atoms with Gasteiger partial charge in [-0.05, 0) is 66.8 Å². The van der Waals surface area contributed by atoms with E-state index in [1.165, 1.54) is 17.6 Å². The van der Waals surface area contributed by atoms with Crippen molar-refractivity contribution in [2.75, 3.05) is 5.73 Å². The smallest absolute Gasteiger partial charge is 0.303 e. The molecule has 0 spiro atoms. The second-order valence-corrected chi connectivity index (χ2v) is 6.13. The van der Waals surface area contributed by atoms with Crippen LogP contribution in [0.5, 0.6) is 0 Å². The molecule has 152 valence electrons. The molecule has 0 heterocycles. The first-order valence-corrected chi connectivity index (χ1v) is 8.83. The first-order valence-electron chi connectivity index (χ1n) is 8.83. The summed E-state index contributed by atoms with van der Waals surface area (Å²) in [5.41, 5.74) is 9.34. The lowest BCUT2D eigenvalue weighted by Crippen LogP contribution is -2.46. The van der Waals surface area contributed by atoms with E-state index >= 15 is 0 Å². The Morgan fingerprint density at radius 3 is 1.97 bits per heavy atom. The van der Waals surface area contributed by atoms with Gasteiger partial charge in [0.15, 0.2) is 0 Å². The standard InChI is InChI=1S/C22H19N3O5/c23-18-11-7-16(8-12-18)4-2-1-3-15-5-9-17(10-6-15)21(28)24-19(22(29)25-30)13-14-20(26)27/h5-12,19,30H,13-14,23H2,(H,24,28)(H,25,29)(H,26,27). The van der Waals surface area contributed by atoms with Crippen molar-refractivity contribution in [1.29, 1.82) is 0 Å². The minimum Gasteiger partial charge on any atom is -0.481 e. The number of anilines is 1. The predicted octanol–water partition coefficient (Wildman–Crippen LogP) is 1.14. The van der Waals surface area contributed by atoms with E-state index in [0.29, 0.717) is 11.3 Å². The molecule has 0 aliphatic carbocycles. The van der Waals surface area contributed by atoms with Gasteiger partial charge in [-0.25, -0.2) is 5.48 Å². The molecule has 1 atom stereocenters. The number of amides is 2. The van der Waals surface area contributed by atoms with Crippen molar-refractivity contribution in [2.24, 2.45) is 0 Å². The van der Waals surface area contributed by atoms with Crippen LogP contribution in [0.15, 0.2) is 48.5 Å². The van der Waals surface area contributed by atoms with Gasteiger partial charge in [-0.15, -0.1) is 0 Å². The molecular formula is C22H19N3O5. The number of hydrogen-bond acceptors (Lipinski definition) is 5. The van der Waals surface area contributed by atoms with Gasteiger partial charge in [0, 0.05) is 28.8 Å². The average molecular weight is 405 g/mol. The normalized spacial score (nSPS) is 10.4. The zero-order valence-corrected chi connectivity index (χ0v) is 15.8. The molecule has 0 aliphatic heterocycles. The van der Waals surface area contributed by atoms with Gasteiger partial charge >= 0.3 is 5.97 Å². The summed E-state index contributed by atoms with van der Waals surface area (Å²) in [6, 6.07) is 12.2. The van der Waals surface area contributed by atoms with Crippen LogP contribution in [-0.4, -0.2) is 34.1 Å². The molecule has 30 heavy (non-hydrogen) atoms.